The quantitative estimate of drug-likeness (QED) is 0.831. The third kappa shape index (κ3) is 5.29. The molecule has 0 radical (unpaired) electrons. The Balaban J connectivity index is 3.50. The Bertz CT molecular complexity index is 726. The van der Waals surface area contributed by atoms with Gasteiger partial charge in [-0.25, -0.2) is 16.8 Å². The first-order valence-corrected chi connectivity index (χ1v) is 10.0. The van der Waals surface area contributed by atoms with Gasteiger partial charge in [-0.1, -0.05) is 0 Å². The second-order valence-electron chi connectivity index (χ2n) is 5.61. The second kappa shape index (κ2) is 5.58. The van der Waals surface area contributed by atoms with Crippen molar-refractivity contribution in [3.8, 4) is 0 Å². The Morgan fingerprint density at radius 1 is 1.05 bits per heavy atom. The predicted octanol–water partition coefficient (Wildman–Crippen LogP) is 1.55. The molecule has 1 aromatic rings. The van der Waals surface area contributed by atoms with E-state index in [4.69, 9.17) is 10.7 Å². The fraction of sp³-hybridized carbons (Fsp3) is 0.417. The number of rotatable bonds is 3. The average molecular weight is 354 g/mol. The monoisotopic (exact) mass is 353 g/mol. The normalized spacial score (nSPS) is 13.0. The third-order valence-electron chi connectivity index (χ3n) is 2.34. The van der Waals surface area contributed by atoms with Gasteiger partial charge in [0.1, 0.15) is 0 Å². The molecule has 6 nitrogen and oxygen atoms in total. The van der Waals surface area contributed by atoms with Crippen molar-refractivity contribution in [2.45, 2.75) is 36.1 Å². The molecule has 9 heteroatoms. The molecule has 0 fully saturated rings. The van der Waals surface area contributed by atoms with Gasteiger partial charge in [-0.3, -0.25) is 4.79 Å². The number of amides is 1. The molecule has 0 atom stereocenters. The number of benzene rings is 1. The van der Waals surface area contributed by atoms with E-state index < -0.39 is 35.2 Å². The number of sulfone groups is 1. The van der Waals surface area contributed by atoms with Crippen LogP contribution in [0.4, 0.5) is 0 Å². The molecule has 1 amide bonds. The minimum atomic E-state index is -4.16. The minimum absolute atomic E-state index is 0.0907. The molecule has 0 saturated heterocycles. The summed E-state index contributed by atoms with van der Waals surface area (Å²) in [6, 6.07) is 3.07. The number of carbonyl (C=O) groups is 1. The molecule has 0 bridgehead atoms. The number of carbonyl (C=O) groups excluding carboxylic acids is 1. The molecule has 1 rings (SSSR count). The number of nitrogens with one attached hydrogen (secondary N) is 1. The summed E-state index contributed by atoms with van der Waals surface area (Å²) in [6.45, 7) is 5.22. The van der Waals surface area contributed by atoms with E-state index in [0.29, 0.717) is 0 Å². The van der Waals surface area contributed by atoms with Crippen molar-refractivity contribution in [2.24, 2.45) is 0 Å². The van der Waals surface area contributed by atoms with Crippen LogP contribution in [0, 0.1) is 0 Å². The fourth-order valence-corrected chi connectivity index (χ4v) is 3.03. The highest BCUT2D eigenvalue weighted by atomic mass is 35.7. The second-order valence-corrected chi connectivity index (χ2v) is 10.2. The minimum Gasteiger partial charge on any atom is -0.347 e. The molecule has 0 saturated carbocycles. The molecule has 21 heavy (non-hydrogen) atoms. The maximum absolute atomic E-state index is 12.1. The smallest absolute Gasteiger partial charge is 0.261 e. The van der Waals surface area contributed by atoms with Crippen molar-refractivity contribution < 1.29 is 21.6 Å². The van der Waals surface area contributed by atoms with Crippen LogP contribution in [0.3, 0.4) is 0 Å². The lowest BCUT2D eigenvalue weighted by atomic mass is 10.1. The summed E-state index contributed by atoms with van der Waals surface area (Å²) in [5, 5.41) is 2.62. The van der Waals surface area contributed by atoms with E-state index >= 15 is 0 Å². The number of hydrogen-bond acceptors (Lipinski definition) is 5. The van der Waals surface area contributed by atoms with Gasteiger partial charge in [0.25, 0.3) is 15.0 Å². The summed E-state index contributed by atoms with van der Waals surface area (Å²) in [6.07, 6.45) is 0.915. The van der Waals surface area contributed by atoms with Gasteiger partial charge in [-0.15, -0.1) is 0 Å². The first kappa shape index (κ1) is 17.9. The zero-order valence-electron chi connectivity index (χ0n) is 12.0. The van der Waals surface area contributed by atoms with Gasteiger partial charge in [0.15, 0.2) is 9.84 Å². The van der Waals surface area contributed by atoms with Crippen molar-refractivity contribution in [3.05, 3.63) is 23.8 Å². The molecule has 118 valence electrons. The Hall–Kier alpha value is -1.12. The molecule has 1 N–H and O–H groups in total. The molecule has 1 aromatic carbocycles. The summed E-state index contributed by atoms with van der Waals surface area (Å²) in [7, 11) is -2.61. The van der Waals surface area contributed by atoms with Crippen LogP contribution in [0.5, 0.6) is 0 Å². The molecule has 0 aromatic heterocycles. The van der Waals surface area contributed by atoms with Crippen LogP contribution >= 0.6 is 10.7 Å². The maximum atomic E-state index is 12.1. The van der Waals surface area contributed by atoms with Crippen LogP contribution in [-0.4, -0.2) is 34.5 Å². The van der Waals surface area contributed by atoms with E-state index in [9.17, 15) is 21.6 Å². The van der Waals surface area contributed by atoms with Crippen LogP contribution in [0.1, 0.15) is 31.1 Å². The molecule has 0 aliphatic rings. The van der Waals surface area contributed by atoms with E-state index in [-0.39, 0.29) is 10.5 Å². The molecule has 0 spiro atoms. The standard InChI is InChI=1S/C12H16ClNO5S2/c1-12(2,3)14-11(15)8-5-9(20(4,16)17)7-10(6-8)21(13,18)19/h5-7H,1-4H3,(H,14,15). The van der Waals surface area contributed by atoms with Crippen molar-refractivity contribution in [2.75, 3.05) is 6.26 Å². The van der Waals surface area contributed by atoms with Crippen LogP contribution in [0.2, 0.25) is 0 Å². The van der Waals surface area contributed by atoms with E-state index in [1.165, 1.54) is 0 Å². The zero-order valence-corrected chi connectivity index (χ0v) is 14.4. The molecule has 0 aliphatic heterocycles. The van der Waals surface area contributed by atoms with Gasteiger partial charge in [0.2, 0.25) is 0 Å². The number of hydrogen-bond donors (Lipinski definition) is 1. The molecule has 0 heterocycles. The highest BCUT2D eigenvalue weighted by Gasteiger charge is 2.21. The predicted molar refractivity (Wildman–Crippen MR) is 79.8 cm³/mol. The van der Waals surface area contributed by atoms with Crippen molar-refractivity contribution >= 4 is 35.5 Å². The highest BCUT2D eigenvalue weighted by Crippen LogP contribution is 2.22. The largest absolute Gasteiger partial charge is 0.347 e. The van der Waals surface area contributed by atoms with Gasteiger partial charge in [-0.05, 0) is 39.0 Å². The lowest BCUT2D eigenvalue weighted by molar-refractivity contribution is 0.0919. The lowest BCUT2D eigenvalue weighted by Gasteiger charge is -2.20. The number of halogens is 1. The van der Waals surface area contributed by atoms with Crippen molar-refractivity contribution in [3.63, 3.8) is 0 Å². The van der Waals surface area contributed by atoms with Crippen molar-refractivity contribution in [1.82, 2.24) is 5.32 Å². The summed E-state index contributed by atoms with van der Waals surface area (Å²) in [5.41, 5.74) is -0.648. The van der Waals surface area contributed by atoms with Crippen LogP contribution in [0.25, 0.3) is 0 Å². The third-order valence-corrected chi connectivity index (χ3v) is 4.77. The molecule has 0 unspecified atom stereocenters. The average Bonchev–Trinajstić information content (AvgIpc) is 2.23. The topological polar surface area (TPSA) is 97.4 Å². The first-order chi connectivity index (χ1) is 9.20. The van der Waals surface area contributed by atoms with Crippen LogP contribution in [0.15, 0.2) is 28.0 Å². The van der Waals surface area contributed by atoms with Crippen molar-refractivity contribution in [1.29, 1.82) is 0 Å². The SMILES string of the molecule is CC(C)(C)NC(=O)c1cc(S(C)(=O)=O)cc(S(=O)(=O)Cl)c1. The van der Waals surface area contributed by atoms with Gasteiger partial charge in [0.05, 0.1) is 9.79 Å². The van der Waals surface area contributed by atoms with Gasteiger partial charge in [-0.2, -0.15) is 0 Å². The fourth-order valence-electron chi connectivity index (χ4n) is 1.47. The first-order valence-electron chi connectivity index (χ1n) is 5.82. The van der Waals surface area contributed by atoms with Gasteiger partial charge < -0.3 is 5.32 Å². The summed E-state index contributed by atoms with van der Waals surface area (Å²) in [4.78, 5) is 11.3. The maximum Gasteiger partial charge on any atom is 0.261 e. The van der Waals surface area contributed by atoms with Gasteiger partial charge >= 0.3 is 0 Å². The Morgan fingerprint density at radius 3 is 1.90 bits per heavy atom. The highest BCUT2D eigenvalue weighted by molar-refractivity contribution is 8.13. The molecular weight excluding hydrogens is 338 g/mol. The van der Waals surface area contributed by atoms with Gasteiger partial charge in [0, 0.05) is 28.0 Å². The Kier molecular flexibility index (Phi) is 4.77. The summed E-state index contributed by atoms with van der Waals surface area (Å²) in [5.74, 6) is -0.588. The Morgan fingerprint density at radius 2 is 1.52 bits per heavy atom. The lowest BCUT2D eigenvalue weighted by Crippen LogP contribution is -2.40. The van der Waals surface area contributed by atoms with E-state index in [1.807, 2.05) is 0 Å². The summed E-state index contributed by atoms with van der Waals surface area (Å²) >= 11 is 0. The van der Waals surface area contributed by atoms with E-state index in [2.05, 4.69) is 5.32 Å². The molecule has 0 aliphatic carbocycles. The molecular formula is C12H16ClNO5S2. The van der Waals surface area contributed by atoms with E-state index in [0.717, 1.165) is 24.5 Å². The zero-order chi connectivity index (χ0) is 16.6. The van der Waals surface area contributed by atoms with Crippen LogP contribution < -0.4 is 5.32 Å². The Labute approximate surface area is 128 Å². The van der Waals surface area contributed by atoms with Crippen LogP contribution in [-0.2, 0) is 18.9 Å². The van der Waals surface area contributed by atoms with E-state index in [1.54, 1.807) is 20.8 Å². The summed E-state index contributed by atoms with van der Waals surface area (Å²) < 4.78 is 46.0.